The molecule has 0 unspecified atom stereocenters. The number of rotatable bonds is 1. The summed E-state index contributed by atoms with van der Waals surface area (Å²) in [6.07, 6.45) is 3.41. The molecule has 0 heterocycles. The zero-order valence-corrected chi connectivity index (χ0v) is 8.38. The summed E-state index contributed by atoms with van der Waals surface area (Å²) in [4.78, 5) is 0. The second kappa shape index (κ2) is 3.79. The van der Waals surface area contributed by atoms with Crippen molar-refractivity contribution in [1.82, 2.24) is 0 Å². The third-order valence-electron chi connectivity index (χ3n) is 2.94. The van der Waals surface area contributed by atoms with Gasteiger partial charge in [-0.05, 0) is 31.1 Å². The summed E-state index contributed by atoms with van der Waals surface area (Å²) in [6, 6.07) is 4.50. The van der Waals surface area contributed by atoms with Gasteiger partial charge in [-0.15, -0.1) is 0 Å². The van der Waals surface area contributed by atoms with Crippen molar-refractivity contribution >= 4 is 0 Å². The fourth-order valence-electron chi connectivity index (χ4n) is 2.70. The highest BCUT2D eigenvalue weighted by Gasteiger charge is 2.37. The minimum Gasteiger partial charge on any atom is -0.198 e. The first-order valence-corrected chi connectivity index (χ1v) is 4.90. The van der Waals surface area contributed by atoms with Crippen LogP contribution in [0.2, 0.25) is 0 Å². The van der Waals surface area contributed by atoms with E-state index >= 15 is 0 Å². The average molecular weight is 176 g/mol. The molecule has 0 aliphatic heterocycles. The molecule has 0 N–H and O–H groups in total. The van der Waals surface area contributed by atoms with Crippen LogP contribution in [0.15, 0.2) is 0 Å². The van der Waals surface area contributed by atoms with E-state index in [0.717, 1.165) is 12.8 Å². The molecule has 1 rings (SSSR count). The van der Waals surface area contributed by atoms with Crippen molar-refractivity contribution in [3.8, 4) is 12.1 Å². The third-order valence-corrected chi connectivity index (χ3v) is 2.94. The summed E-state index contributed by atoms with van der Waals surface area (Å²) in [5.74, 6) is 1.19. The van der Waals surface area contributed by atoms with E-state index in [9.17, 15) is 0 Å². The van der Waals surface area contributed by atoms with Gasteiger partial charge in [0.1, 0.15) is 0 Å². The van der Waals surface area contributed by atoms with Crippen molar-refractivity contribution in [2.24, 2.45) is 17.3 Å². The van der Waals surface area contributed by atoms with Crippen LogP contribution < -0.4 is 0 Å². The predicted octanol–water partition coefficient (Wildman–Crippen LogP) is 2.87. The van der Waals surface area contributed by atoms with Gasteiger partial charge in [-0.2, -0.15) is 10.5 Å². The molecule has 0 aromatic carbocycles. The van der Waals surface area contributed by atoms with Crippen molar-refractivity contribution in [1.29, 1.82) is 10.5 Å². The number of nitrogens with zero attached hydrogens (tertiary/aromatic N) is 2. The van der Waals surface area contributed by atoms with E-state index in [2.05, 4.69) is 26.0 Å². The van der Waals surface area contributed by atoms with Gasteiger partial charge in [-0.3, -0.25) is 0 Å². The quantitative estimate of drug-likeness (QED) is 0.616. The molecule has 1 saturated carbocycles. The van der Waals surface area contributed by atoms with Crippen LogP contribution in [0.1, 0.15) is 39.5 Å². The van der Waals surface area contributed by atoms with E-state index in [1.807, 2.05) is 0 Å². The van der Waals surface area contributed by atoms with Gasteiger partial charge >= 0.3 is 0 Å². The molecule has 0 aromatic heterocycles. The van der Waals surface area contributed by atoms with Crippen LogP contribution in [0, 0.1) is 39.9 Å². The van der Waals surface area contributed by atoms with E-state index in [1.54, 1.807) is 0 Å². The molecule has 0 radical (unpaired) electrons. The molecule has 1 aliphatic carbocycles. The van der Waals surface area contributed by atoms with Gasteiger partial charge in [0.05, 0.1) is 24.0 Å². The number of hydrogen-bond acceptors (Lipinski definition) is 2. The van der Waals surface area contributed by atoms with Gasteiger partial charge in [0.2, 0.25) is 0 Å². The molecular weight excluding hydrogens is 160 g/mol. The van der Waals surface area contributed by atoms with E-state index in [4.69, 9.17) is 10.5 Å². The first kappa shape index (κ1) is 10.1. The lowest BCUT2D eigenvalue weighted by Crippen LogP contribution is -2.30. The molecule has 0 spiro atoms. The number of hydrogen-bond donors (Lipinski definition) is 0. The Hall–Kier alpha value is -1.02. The Labute approximate surface area is 80.2 Å². The minimum atomic E-state index is -0.341. The maximum atomic E-state index is 9.11. The van der Waals surface area contributed by atoms with Crippen molar-refractivity contribution in [3.63, 3.8) is 0 Å². The van der Waals surface area contributed by atoms with E-state index in [-0.39, 0.29) is 5.41 Å². The van der Waals surface area contributed by atoms with Crippen molar-refractivity contribution in [2.75, 3.05) is 0 Å². The normalized spacial score (nSPS) is 39.1. The molecule has 2 heteroatoms. The van der Waals surface area contributed by atoms with E-state index < -0.39 is 0 Å². The van der Waals surface area contributed by atoms with Crippen LogP contribution in [0.25, 0.3) is 0 Å². The smallest absolute Gasteiger partial charge is 0.0708 e. The van der Waals surface area contributed by atoms with Crippen molar-refractivity contribution in [3.05, 3.63) is 0 Å². The first-order chi connectivity index (χ1) is 6.12. The third kappa shape index (κ3) is 2.22. The molecule has 0 bridgehead atoms. The van der Waals surface area contributed by atoms with Gasteiger partial charge in [-0.1, -0.05) is 13.8 Å². The molecular formula is C11H16N2. The van der Waals surface area contributed by atoms with Gasteiger partial charge in [0.15, 0.2) is 0 Å². The van der Waals surface area contributed by atoms with Gasteiger partial charge in [0, 0.05) is 0 Å². The Balaban J connectivity index is 2.76. The Morgan fingerprint density at radius 2 is 1.77 bits per heavy atom. The zero-order valence-electron chi connectivity index (χ0n) is 8.38. The Kier molecular flexibility index (Phi) is 2.94. The standard InChI is InChI=1S/C11H16N2/c1-9-5-10(2)7-11(6-9,8-13)3-4-12/h9-10H,3,5-7H2,1-2H3/t9-,10+,11+. The van der Waals surface area contributed by atoms with Crippen LogP contribution >= 0.6 is 0 Å². The summed E-state index contributed by atoms with van der Waals surface area (Å²) in [5, 5.41) is 17.8. The first-order valence-electron chi connectivity index (χ1n) is 4.90. The lowest BCUT2D eigenvalue weighted by atomic mass is 9.66. The minimum absolute atomic E-state index is 0.341. The topological polar surface area (TPSA) is 47.6 Å². The molecule has 3 atom stereocenters. The van der Waals surface area contributed by atoms with Crippen LogP contribution in [0.4, 0.5) is 0 Å². The predicted molar refractivity (Wildman–Crippen MR) is 50.5 cm³/mol. The summed E-state index contributed by atoms with van der Waals surface area (Å²) in [7, 11) is 0. The van der Waals surface area contributed by atoms with Crippen molar-refractivity contribution in [2.45, 2.75) is 39.5 Å². The average Bonchev–Trinajstić information content (AvgIpc) is 2.03. The van der Waals surface area contributed by atoms with Crippen LogP contribution in [0.5, 0.6) is 0 Å². The van der Waals surface area contributed by atoms with Crippen LogP contribution in [-0.2, 0) is 0 Å². The summed E-state index contributed by atoms with van der Waals surface area (Å²) < 4.78 is 0. The summed E-state index contributed by atoms with van der Waals surface area (Å²) in [5.41, 5.74) is -0.341. The summed E-state index contributed by atoms with van der Waals surface area (Å²) in [6.45, 7) is 4.36. The highest BCUT2D eigenvalue weighted by Crippen LogP contribution is 2.43. The van der Waals surface area contributed by atoms with Gasteiger partial charge in [0.25, 0.3) is 0 Å². The largest absolute Gasteiger partial charge is 0.198 e. The molecule has 0 saturated heterocycles. The summed E-state index contributed by atoms with van der Waals surface area (Å²) >= 11 is 0. The lowest BCUT2D eigenvalue weighted by Gasteiger charge is -2.36. The molecule has 2 nitrogen and oxygen atoms in total. The second-order valence-corrected chi connectivity index (χ2v) is 4.58. The Bertz CT molecular complexity index is 246. The molecule has 13 heavy (non-hydrogen) atoms. The SMILES string of the molecule is C[C@@H]1C[C@H](C)C[C@](C#N)(CC#N)C1. The monoisotopic (exact) mass is 176 g/mol. The highest BCUT2D eigenvalue weighted by molar-refractivity contribution is 5.06. The zero-order chi connectivity index (χ0) is 9.90. The second-order valence-electron chi connectivity index (χ2n) is 4.58. The lowest BCUT2D eigenvalue weighted by molar-refractivity contribution is 0.163. The maximum Gasteiger partial charge on any atom is 0.0708 e. The molecule has 0 amide bonds. The highest BCUT2D eigenvalue weighted by atomic mass is 14.4. The fourth-order valence-corrected chi connectivity index (χ4v) is 2.70. The van der Waals surface area contributed by atoms with Gasteiger partial charge in [-0.25, -0.2) is 0 Å². The van der Waals surface area contributed by atoms with E-state index in [1.165, 1.54) is 6.42 Å². The Morgan fingerprint density at radius 1 is 1.23 bits per heavy atom. The molecule has 1 aliphatic rings. The molecule has 70 valence electrons. The Morgan fingerprint density at radius 3 is 2.15 bits per heavy atom. The molecule has 1 fully saturated rings. The maximum absolute atomic E-state index is 9.11. The molecule has 0 aromatic rings. The fraction of sp³-hybridized carbons (Fsp3) is 0.818. The van der Waals surface area contributed by atoms with Crippen LogP contribution in [0.3, 0.4) is 0 Å². The number of nitriles is 2. The van der Waals surface area contributed by atoms with E-state index in [0.29, 0.717) is 18.3 Å². The van der Waals surface area contributed by atoms with Crippen molar-refractivity contribution < 1.29 is 0 Å². The van der Waals surface area contributed by atoms with Gasteiger partial charge < -0.3 is 0 Å². The van der Waals surface area contributed by atoms with Crippen LogP contribution in [-0.4, -0.2) is 0 Å².